The van der Waals surface area contributed by atoms with Crippen molar-refractivity contribution in [2.75, 3.05) is 26.8 Å². The molecule has 0 atom stereocenters. The van der Waals surface area contributed by atoms with Crippen LogP contribution in [0.1, 0.15) is 12.5 Å². The van der Waals surface area contributed by atoms with Crippen LogP contribution in [-0.2, 0) is 6.54 Å². The Morgan fingerprint density at radius 3 is 2.58 bits per heavy atom. The summed E-state index contributed by atoms with van der Waals surface area (Å²) in [4.78, 5) is 4.45. The second-order valence-corrected chi connectivity index (χ2v) is 5.28. The van der Waals surface area contributed by atoms with E-state index in [1.807, 2.05) is 37.3 Å². The summed E-state index contributed by atoms with van der Waals surface area (Å²) in [5.74, 6) is 1.93. The number of ether oxygens (including phenoxy) is 2. The standard InChI is InChI=1S/C19H24FN3O2.HI/c1-3-21-19(23-14-15-6-4-7-16(20)12-15)22-10-11-25-18-9-5-8-17(13-18)24-2;/h4-9,12-13H,3,10-11,14H2,1-2H3,(H2,21,22,23);1H. The van der Waals surface area contributed by atoms with Gasteiger partial charge in [-0.1, -0.05) is 18.2 Å². The predicted molar refractivity (Wildman–Crippen MR) is 113 cm³/mol. The van der Waals surface area contributed by atoms with Gasteiger partial charge in [-0.25, -0.2) is 9.38 Å². The molecule has 26 heavy (non-hydrogen) atoms. The molecular formula is C19H25FIN3O2. The largest absolute Gasteiger partial charge is 0.497 e. The van der Waals surface area contributed by atoms with Gasteiger partial charge in [-0.05, 0) is 36.8 Å². The van der Waals surface area contributed by atoms with E-state index in [0.717, 1.165) is 23.6 Å². The number of guanidine groups is 1. The van der Waals surface area contributed by atoms with E-state index in [1.54, 1.807) is 13.2 Å². The van der Waals surface area contributed by atoms with E-state index < -0.39 is 0 Å². The zero-order chi connectivity index (χ0) is 17.9. The van der Waals surface area contributed by atoms with E-state index >= 15 is 0 Å². The van der Waals surface area contributed by atoms with Gasteiger partial charge in [0.25, 0.3) is 0 Å². The first-order chi connectivity index (χ1) is 12.2. The lowest BCUT2D eigenvalue weighted by molar-refractivity contribution is 0.319. The highest BCUT2D eigenvalue weighted by molar-refractivity contribution is 14.0. The molecular weight excluding hydrogens is 448 g/mol. The number of hydrogen-bond donors (Lipinski definition) is 2. The Kier molecular flexibility index (Phi) is 10.5. The van der Waals surface area contributed by atoms with Gasteiger partial charge in [0.05, 0.1) is 20.2 Å². The average Bonchev–Trinajstić information content (AvgIpc) is 2.63. The number of nitrogens with one attached hydrogen (secondary N) is 2. The Balaban J connectivity index is 0.00000338. The van der Waals surface area contributed by atoms with Crippen molar-refractivity contribution in [2.45, 2.75) is 13.5 Å². The first-order valence-corrected chi connectivity index (χ1v) is 8.24. The van der Waals surface area contributed by atoms with Gasteiger partial charge in [0.15, 0.2) is 5.96 Å². The van der Waals surface area contributed by atoms with Crippen molar-refractivity contribution in [3.63, 3.8) is 0 Å². The van der Waals surface area contributed by atoms with E-state index in [4.69, 9.17) is 9.47 Å². The minimum atomic E-state index is -0.252. The first-order valence-electron chi connectivity index (χ1n) is 8.24. The molecule has 0 saturated heterocycles. The molecule has 2 rings (SSSR count). The number of rotatable bonds is 8. The molecule has 2 N–H and O–H groups in total. The van der Waals surface area contributed by atoms with Gasteiger partial charge in [-0.15, -0.1) is 24.0 Å². The third kappa shape index (κ3) is 7.90. The van der Waals surface area contributed by atoms with Gasteiger partial charge in [0.2, 0.25) is 0 Å². The summed E-state index contributed by atoms with van der Waals surface area (Å²) in [7, 11) is 1.62. The van der Waals surface area contributed by atoms with E-state index in [0.29, 0.717) is 25.7 Å². The van der Waals surface area contributed by atoms with E-state index in [9.17, 15) is 4.39 Å². The Hall–Kier alpha value is -2.03. The minimum Gasteiger partial charge on any atom is -0.497 e. The van der Waals surface area contributed by atoms with Crippen LogP contribution < -0.4 is 20.1 Å². The van der Waals surface area contributed by atoms with Gasteiger partial charge < -0.3 is 20.1 Å². The van der Waals surface area contributed by atoms with Crippen molar-refractivity contribution in [3.8, 4) is 11.5 Å². The molecule has 0 aliphatic carbocycles. The Morgan fingerprint density at radius 1 is 1.08 bits per heavy atom. The van der Waals surface area contributed by atoms with Crippen LogP contribution in [0.2, 0.25) is 0 Å². The molecule has 5 nitrogen and oxygen atoms in total. The second kappa shape index (κ2) is 12.3. The number of halogens is 2. The smallest absolute Gasteiger partial charge is 0.191 e. The molecule has 142 valence electrons. The van der Waals surface area contributed by atoms with Gasteiger partial charge in [-0.2, -0.15) is 0 Å². The van der Waals surface area contributed by atoms with Crippen molar-refractivity contribution in [1.29, 1.82) is 0 Å². The predicted octanol–water partition coefficient (Wildman–Crippen LogP) is 3.59. The third-order valence-electron chi connectivity index (χ3n) is 3.36. The van der Waals surface area contributed by atoms with E-state index in [2.05, 4.69) is 15.6 Å². The van der Waals surface area contributed by atoms with Gasteiger partial charge in [0.1, 0.15) is 23.9 Å². The zero-order valence-corrected chi connectivity index (χ0v) is 17.3. The van der Waals surface area contributed by atoms with Crippen LogP contribution in [0.15, 0.2) is 53.5 Å². The molecule has 0 aliphatic heterocycles. The minimum absolute atomic E-state index is 0. The molecule has 7 heteroatoms. The lowest BCUT2D eigenvalue weighted by Gasteiger charge is -2.12. The normalized spacial score (nSPS) is 10.7. The molecule has 0 heterocycles. The number of hydrogen-bond acceptors (Lipinski definition) is 3. The van der Waals surface area contributed by atoms with Crippen molar-refractivity contribution in [1.82, 2.24) is 10.6 Å². The monoisotopic (exact) mass is 473 g/mol. The highest BCUT2D eigenvalue weighted by Crippen LogP contribution is 2.18. The summed E-state index contributed by atoms with van der Waals surface area (Å²) >= 11 is 0. The molecule has 0 unspecified atom stereocenters. The van der Waals surface area contributed by atoms with Gasteiger partial charge in [-0.3, -0.25) is 0 Å². The highest BCUT2D eigenvalue weighted by atomic mass is 127. The van der Waals surface area contributed by atoms with Crippen molar-refractivity contribution >= 4 is 29.9 Å². The van der Waals surface area contributed by atoms with Crippen LogP contribution in [0.4, 0.5) is 4.39 Å². The fourth-order valence-corrected chi connectivity index (χ4v) is 2.18. The maximum absolute atomic E-state index is 13.2. The second-order valence-electron chi connectivity index (χ2n) is 5.28. The number of methoxy groups -OCH3 is 1. The SMILES string of the molecule is CCNC(=NCc1cccc(F)c1)NCCOc1cccc(OC)c1.I. The molecule has 0 aliphatic rings. The Bertz CT molecular complexity index is 698. The van der Waals surface area contributed by atoms with E-state index in [-0.39, 0.29) is 29.8 Å². The van der Waals surface area contributed by atoms with Crippen molar-refractivity contribution in [3.05, 3.63) is 59.9 Å². The maximum atomic E-state index is 13.2. The molecule has 0 saturated carbocycles. The molecule has 0 radical (unpaired) electrons. The molecule has 0 aromatic heterocycles. The van der Waals surface area contributed by atoms with Gasteiger partial charge >= 0.3 is 0 Å². The average molecular weight is 473 g/mol. The highest BCUT2D eigenvalue weighted by Gasteiger charge is 2.00. The van der Waals surface area contributed by atoms with Crippen LogP contribution >= 0.6 is 24.0 Å². The Labute approximate surface area is 171 Å². The zero-order valence-electron chi connectivity index (χ0n) is 15.0. The fourth-order valence-electron chi connectivity index (χ4n) is 2.18. The maximum Gasteiger partial charge on any atom is 0.191 e. The Morgan fingerprint density at radius 2 is 1.85 bits per heavy atom. The summed E-state index contributed by atoms with van der Waals surface area (Å²) in [5, 5.41) is 6.35. The molecule has 0 amide bonds. The fraction of sp³-hybridized carbons (Fsp3) is 0.316. The third-order valence-corrected chi connectivity index (χ3v) is 3.36. The van der Waals surface area contributed by atoms with Crippen LogP contribution in [0.5, 0.6) is 11.5 Å². The topological polar surface area (TPSA) is 54.9 Å². The summed E-state index contributed by atoms with van der Waals surface area (Å²) in [5.41, 5.74) is 0.824. The lowest BCUT2D eigenvalue weighted by atomic mass is 10.2. The number of nitrogens with zero attached hydrogens (tertiary/aromatic N) is 1. The molecule has 2 aromatic rings. The molecule has 2 aromatic carbocycles. The number of aliphatic imine (C=N–C) groups is 1. The summed E-state index contributed by atoms with van der Waals surface area (Å²) in [6.07, 6.45) is 0. The van der Waals surface area contributed by atoms with E-state index in [1.165, 1.54) is 12.1 Å². The lowest BCUT2D eigenvalue weighted by Crippen LogP contribution is -2.39. The summed E-state index contributed by atoms with van der Waals surface area (Å²) < 4.78 is 24.0. The van der Waals surface area contributed by atoms with Gasteiger partial charge in [0, 0.05) is 12.6 Å². The van der Waals surface area contributed by atoms with Crippen molar-refractivity contribution < 1.29 is 13.9 Å². The molecule has 0 bridgehead atoms. The van der Waals surface area contributed by atoms with Crippen LogP contribution in [0.3, 0.4) is 0 Å². The summed E-state index contributed by atoms with van der Waals surface area (Å²) in [6, 6.07) is 13.9. The van der Waals surface area contributed by atoms with Crippen LogP contribution in [0.25, 0.3) is 0 Å². The quantitative estimate of drug-likeness (QED) is 0.267. The van der Waals surface area contributed by atoms with Crippen LogP contribution in [0, 0.1) is 5.82 Å². The summed E-state index contributed by atoms with van der Waals surface area (Å²) in [6.45, 7) is 4.21. The first kappa shape index (κ1) is 22.0. The van der Waals surface area contributed by atoms with Crippen molar-refractivity contribution in [2.24, 2.45) is 4.99 Å². The van der Waals surface area contributed by atoms with Crippen LogP contribution in [-0.4, -0.2) is 32.8 Å². The molecule has 0 fully saturated rings. The number of benzene rings is 2. The molecule has 0 spiro atoms.